The molecule has 25 heavy (non-hydrogen) atoms. The Morgan fingerprint density at radius 3 is 2.64 bits per heavy atom. The van der Waals surface area contributed by atoms with Crippen molar-refractivity contribution in [3.05, 3.63) is 64.7 Å². The van der Waals surface area contributed by atoms with Gasteiger partial charge in [0.2, 0.25) is 5.91 Å². The number of rotatable bonds is 6. The molecule has 0 bridgehead atoms. The fourth-order valence-electron chi connectivity index (χ4n) is 2.28. The first-order chi connectivity index (χ1) is 12.1. The maximum atomic E-state index is 12.1. The molecule has 2 rings (SSSR count). The van der Waals surface area contributed by atoms with Gasteiger partial charge in [0.1, 0.15) is 0 Å². The highest BCUT2D eigenvalue weighted by molar-refractivity contribution is 6.31. The third kappa shape index (κ3) is 6.12. The van der Waals surface area contributed by atoms with Crippen molar-refractivity contribution in [3.8, 4) is 0 Å². The summed E-state index contributed by atoms with van der Waals surface area (Å²) in [7, 11) is 1.66. The molecule has 6 heteroatoms. The lowest BCUT2D eigenvalue weighted by Gasteiger charge is -2.13. The molecule has 2 aromatic carbocycles. The van der Waals surface area contributed by atoms with Crippen LogP contribution in [0, 0.1) is 0 Å². The number of carbonyl (C=O) groups is 1. The van der Waals surface area contributed by atoms with Crippen molar-refractivity contribution < 1.29 is 4.79 Å². The fourth-order valence-corrected chi connectivity index (χ4v) is 2.48. The van der Waals surface area contributed by atoms with Crippen LogP contribution in [0.25, 0.3) is 0 Å². The summed E-state index contributed by atoms with van der Waals surface area (Å²) in [6.45, 7) is 2.73. The molecule has 0 fully saturated rings. The molecular weight excluding hydrogens is 336 g/mol. The van der Waals surface area contributed by atoms with Crippen molar-refractivity contribution in [1.82, 2.24) is 10.6 Å². The number of benzene rings is 2. The van der Waals surface area contributed by atoms with Crippen LogP contribution >= 0.6 is 11.6 Å². The molecule has 0 aliphatic rings. The Morgan fingerprint density at radius 1 is 1.12 bits per heavy atom. The Bertz CT molecular complexity index is 746. The molecule has 0 saturated carbocycles. The average Bonchev–Trinajstić information content (AvgIpc) is 2.63. The van der Waals surface area contributed by atoms with Gasteiger partial charge in [0.05, 0.1) is 6.54 Å². The minimum Gasteiger partial charge on any atom is -0.352 e. The second kappa shape index (κ2) is 9.69. The van der Waals surface area contributed by atoms with E-state index >= 15 is 0 Å². The topological polar surface area (TPSA) is 65.5 Å². The summed E-state index contributed by atoms with van der Waals surface area (Å²) < 4.78 is 0. The van der Waals surface area contributed by atoms with E-state index in [9.17, 15) is 4.79 Å². The summed E-state index contributed by atoms with van der Waals surface area (Å²) >= 11 is 6.13. The van der Waals surface area contributed by atoms with Gasteiger partial charge in [-0.25, -0.2) is 0 Å². The summed E-state index contributed by atoms with van der Waals surface area (Å²) in [5.41, 5.74) is 2.95. The van der Waals surface area contributed by atoms with Gasteiger partial charge in [-0.3, -0.25) is 9.79 Å². The first kappa shape index (κ1) is 18.8. The number of guanidine groups is 1. The minimum absolute atomic E-state index is 0.124. The van der Waals surface area contributed by atoms with Crippen molar-refractivity contribution in [2.75, 3.05) is 18.9 Å². The Kier molecular flexibility index (Phi) is 7.29. The van der Waals surface area contributed by atoms with Crippen LogP contribution in [0.2, 0.25) is 5.02 Å². The molecule has 0 aliphatic heterocycles. The van der Waals surface area contributed by atoms with Crippen LogP contribution in [0.3, 0.4) is 0 Å². The van der Waals surface area contributed by atoms with E-state index in [1.807, 2.05) is 48.5 Å². The lowest BCUT2D eigenvalue weighted by Crippen LogP contribution is -2.41. The van der Waals surface area contributed by atoms with Crippen LogP contribution < -0.4 is 16.0 Å². The molecule has 132 valence electrons. The van der Waals surface area contributed by atoms with Gasteiger partial charge in [-0.05, 0) is 35.7 Å². The number of hydrogen-bond acceptors (Lipinski definition) is 2. The van der Waals surface area contributed by atoms with Crippen LogP contribution in [0.4, 0.5) is 5.69 Å². The summed E-state index contributed by atoms with van der Waals surface area (Å²) in [6.07, 6.45) is 0.931. The SMILES string of the molecule is CCc1cccc(NC(=O)CNC(=NC)NCc2ccccc2Cl)c1. The Balaban J connectivity index is 1.81. The van der Waals surface area contributed by atoms with E-state index in [2.05, 4.69) is 27.9 Å². The summed E-state index contributed by atoms with van der Waals surface area (Å²) in [6, 6.07) is 15.4. The molecular formula is C19H23ClN4O. The average molecular weight is 359 g/mol. The van der Waals surface area contributed by atoms with Crippen LogP contribution in [0.5, 0.6) is 0 Å². The van der Waals surface area contributed by atoms with E-state index in [-0.39, 0.29) is 12.5 Å². The predicted octanol–water partition coefficient (Wildman–Crippen LogP) is 3.21. The quantitative estimate of drug-likeness (QED) is 0.548. The molecule has 5 nitrogen and oxygen atoms in total. The van der Waals surface area contributed by atoms with E-state index in [1.165, 1.54) is 5.56 Å². The highest BCUT2D eigenvalue weighted by atomic mass is 35.5. The normalized spacial score (nSPS) is 11.1. The molecule has 0 saturated heterocycles. The molecule has 0 heterocycles. The molecule has 0 unspecified atom stereocenters. The second-order valence-corrected chi connectivity index (χ2v) is 5.88. The third-order valence-corrected chi connectivity index (χ3v) is 4.03. The van der Waals surface area contributed by atoms with Gasteiger partial charge >= 0.3 is 0 Å². The summed E-state index contributed by atoms with van der Waals surface area (Å²) in [5, 5.41) is 9.70. The Hall–Kier alpha value is -2.53. The number of carbonyl (C=O) groups excluding carboxylic acids is 1. The Labute approximate surface area is 153 Å². The zero-order chi connectivity index (χ0) is 18.1. The van der Waals surface area contributed by atoms with Crippen molar-refractivity contribution in [2.45, 2.75) is 19.9 Å². The lowest BCUT2D eigenvalue weighted by molar-refractivity contribution is -0.115. The van der Waals surface area contributed by atoms with Gasteiger partial charge < -0.3 is 16.0 Å². The molecule has 1 amide bonds. The molecule has 0 aromatic heterocycles. The van der Waals surface area contributed by atoms with E-state index in [0.29, 0.717) is 17.5 Å². The number of nitrogens with zero attached hydrogens (tertiary/aromatic N) is 1. The summed E-state index contributed by atoms with van der Waals surface area (Å²) in [4.78, 5) is 16.2. The number of anilines is 1. The van der Waals surface area contributed by atoms with Crippen LogP contribution in [-0.2, 0) is 17.8 Å². The highest BCUT2D eigenvalue weighted by Crippen LogP contribution is 2.14. The first-order valence-electron chi connectivity index (χ1n) is 8.19. The van der Waals surface area contributed by atoms with Crippen molar-refractivity contribution in [3.63, 3.8) is 0 Å². The summed E-state index contributed by atoms with van der Waals surface area (Å²) in [5.74, 6) is 0.409. The van der Waals surface area contributed by atoms with Crippen LogP contribution in [-0.4, -0.2) is 25.5 Å². The Morgan fingerprint density at radius 2 is 1.92 bits per heavy atom. The van der Waals surface area contributed by atoms with Gasteiger partial charge in [0.15, 0.2) is 5.96 Å². The zero-order valence-electron chi connectivity index (χ0n) is 14.5. The molecule has 0 aliphatic carbocycles. The number of amides is 1. The van der Waals surface area contributed by atoms with Gasteiger partial charge in [-0.15, -0.1) is 0 Å². The van der Waals surface area contributed by atoms with E-state index in [0.717, 1.165) is 17.7 Å². The van der Waals surface area contributed by atoms with E-state index in [1.54, 1.807) is 7.05 Å². The van der Waals surface area contributed by atoms with Crippen molar-refractivity contribution >= 4 is 29.2 Å². The van der Waals surface area contributed by atoms with Crippen LogP contribution in [0.1, 0.15) is 18.1 Å². The number of aryl methyl sites for hydroxylation is 1. The number of nitrogens with one attached hydrogen (secondary N) is 3. The minimum atomic E-state index is -0.131. The second-order valence-electron chi connectivity index (χ2n) is 5.47. The van der Waals surface area contributed by atoms with Gasteiger partial charge in [0.25, 0.3) is 0 Å². The predicted molar refractivity (Wildman–Crippen MR) is 104 cm³/mol. The maximum Gasteiger partial charge on any atom is 0.243 e. The van der Waals surface area contributed by atoms with E-state index < -0.39 is 0 Å². The third-order valence-electron chi connectivity index (χ3n) is 3.66. The number of aliphatic imine (C=N–C) groups is 1. The monoisotopic (exact) mass is 358 g/mol. The molecule has 0 radical (unpaired) electrons. The highest BCUT2D eigenvalue weighted by Gasteiger charge is 2.06. The zero-order valence-corrected chi connectivity index (χ0v) is 15.2. The largest absolute Gasteiger partial charge is 0.352 e. The van der Waals surface area contributed by atoms with Gasteiger partial charge in [-0.1, -0.05) is 48.9 Å². The fraction of sp³-hybridized carbons (Fsp3) is 0.263. The molecule has 0 atom stereocenters. The van der Waals surface area contributed by atoms with Gasteiger partial charge in [-0.2, -0.15) is 0 Å². The molecule has 3 N–H and O–H groups in total. The lowest BCUT2D eigenvalue weighted by atomic mass is 10.1. The van der Waals surface area contributed by atoms with Crippen molar-refractivity contribution in [1.29, 1.82) is 0 Å². The smallest absolute Gasteiger partial charge is 0.243 e. The van der Waals surface area contributed by atoms with Crippen molar-refractivity contribution in [2.24, 2.45) is 4.99 Å². The molecule has 2 aromatic rings. The first-order valence-corrected chi connectivity index (χ1v) is 8.57. The standard InChI is InChI=1S/C19H23ClN4O/c1-3-14-7-6-9-16(11-14)24-18(25)13-23-19(21-2)22-12-15-8-4-5-10-17(15)20/h4-11H,3,12-13H2,1-2H3,(H,24,25)(H2,21,22,23). The van der Waals surface area contributed by atoms with E-state index in [4.69, 9.17) is 11.6 Å². The van der Waals surface area contributed by atoms with Crippen LogP contribution in [0.15, 0.2) is 53.5 Å². The number of halogens is 1. The molecule has 0 spiro atoms. The van der Waals surface area contributed by atoms with Gasteiger partial charge in [0, 0.05) is 24.3 Å². The maximum absolute atomic E-state index is 12.1. The number of hydrogen-bond donors (Lipinski definition) is 3.